The number of carbonyl (C=O) groups is 3. The highest BCUT2D eigenvalue weighted by atomic mass is 32.2. The van der Waals surface area contributed by atoms with E-state index in [-0.39, 0.29) is 12.1 Å². The lowest BCUT2D eigenvalue weighted by Crippen LogP contribution is -2.70. The maximum Gasteiger partial charge on any atom is 0.353 e. The predicted octanol–water partition coefficient (Wildman–Crippen LogP) is 1.71. The van der Waals surface area contributed by atoms with Crippen LogP contribution in [0, 0.1) is 5.82 Å². The van der Waals surface area contributed by atoms with Crippen LogP contribution in [0.2, 0.25) is 0 Å². The first-order chi connectivity index (χ1) is 13.9. The molecule has 12 heteroatoms. The zero-order chi connectivity index (χ0) is 20.5. The molecule has 2 aliphatic rings. The smallest absolute Gasteiger partial charge is 0.353 e. The molecule has 2 N–H and O–H groups in total. The molecule has 1 aromatic heterocycles. The van der Waals surface area contributed by atoms with Crippen LogP contribution >= 0.6 is 34.9 Å². The number of hydrogen-bond donors (Lipinski definition) is 2. The fourth-order valence-corrected chi connectivity index (χ4v) is 6.16. The molecule has 1 aromatic carbocycles. The van der Waals surface area contributed by atoms with Gasteiger partial charge in [-0.1, -0.05) is 35.2 Å². The number of carboxylic acids is 1. The third-order valence-electron chi connectivity index (χ3n) is 4.26. The second-order valence-electron chi connectivity index (χ2n) is 6.15. The summed E-state index contributed by atoms with van der Waals surface area (Å²) in [4.78, 5) is 38.4. The molecule has 2 amide bonds. The van der Waals surface area contributed by atoms with Gasteiger partial charge in [0.1, 0.15) is 28.4 Å². The first-order valence-corrected chi connectivity index (χ1v) is 11.1. The van der Waals surface area contributed by atoms with Gasteiger partial charge in [-0.05, 0) is 17.7 Å². The molecule has 0 aliphatic carbocycles. The normalized spacial score (nSPS) is 20.9. The first kappa shape index (κ1) is 19.9. The molecule has 0 radical (unpaired) electrons. The van der Waals surface area contributed by atoms with Crippen LogP contribution in [-0.4, -0.2) is 55.2 Å². The molecule has 150 valence electrons. The molecule has 3 heterocycles. The van der Waals surface area contributed by atoms with Gasteiger partial charge in [0.15, 0.2) is 4.34 Å². The van der Waals surface area contributed by atoms with Gasteiger partial charge in [0, 0.05) is 10.7 Å². The van der Waals surface area contributed by atoms with E-state index < -0.39 is 35.0 Å². The molecule has 1 saturated heterocycles. The van der Waals surface area contributed by atoms with Crippen molar-refractivity contribution in [2.24, 2.45) is 0 Å². The average molecular weight is 453 g/mol. The van der Waals surface area contributed by atoms with Crippen molar-refractivity contribution in [1.82, 2.24) is 20.4 Å². The first-order valence-electron chi connectivity index (χ1n) is 8.33. The topological polar surface area (TPSA) is 112 Å². The summed E-state index contributed by atoms with van der Waals surface area (Å²) >= 11 is 3.82. The van der Waals surface area contributed by atoms with E-state index in [1.807, 2.05) is 0 Å². The number of aromatic nitrogens is 2. The Kier molecular flexibility index (Phi) is 5.56. The van der Waals surface area contributed by atoms with Gasteiger partial charge in [-0.25, -0.2) is 9.18 Å². The highest BCUT2D eigenvalue weighted by Crippen LogP contribution is 2.45. The van der Waals surface area contributed by atoms with Crippen molar-refractivity contribution < 1.29 is 23.9 Å². The quantitative estimate of drug-likeness (QED) is 0.637. The minimum absolute atomic E-state index is 0.0707. The Morgan fingerprint density at radius 1 is 1.41 bits per heavy atom. The van der Waals surface area contributed by atoms with Crippen molar-refractivity contribution in [1.29, 1.82) is 0 Å². The van der Waals surface area contributed by atoms with Gasteiger partial charge < -0.3 is 10.4 Å². The van der Waals surface area contributed by atoms with E-state index in [9.17, 15) is 23.9 Å². The predicted molar refractivity (Wildman–Crippen MR) is 106 cm³/mol. The Balaban J connectivity index is 1.46. The number of rotatable bonds is 6. The molecular formula is C17H13FN4O4S3. The van der Waals surface area contributed by atoms with Gasteiger partial charge in [0.2, 0.25) is 5.91 Å². The number of amides is 2. The maximum absolute atomic E-state index is 13.3. The minimum atomic E-state index is -1.21. The monoisotopic (exact) mass is 452 g/mol. The van der Waals surface area contributed by atoms with E-state index >= 15 is 0 Å². The summed E-state index contributed by atoms with van der Waals surface area (Å²) in [6.45, 7) is 0. The summed E-state index contributed by atoms with van der Waals surface area (Å²) in [5.41, 5.74) is 1.94. The Labute approximate surface area is 176 Å². The van der Waals surface area contributed by atoms with Gasteiger partial charge >= 0.3 is 5.97 Å². The van der Waals surface area contributed by atoms with Crippen LogP contribution in [0.15, 0.2) is 44.7 Å². The third-order valence-corrected chi connectivity index (χ3v) is 7.58. The highest BCUT2D eigenvalue weighted by Gasteiger charge is 2.54. The van der Waals surface area contributed by atoms with Crippen molar-refractivity contribution in [3.8, 4) is 0 Å². The number of thioether (sulfide) groups is 2. The molecule has 29 heavy (non-hydrogen) atoms. The number of benzene rings is 1. The number of carboxylic acid groups (broad SMARTS) is 1. The molecule has 0 bridgehead atoms. The SMILES string of the molecule is O=C(Cc1cccc(F)c1)N[C@@H]1C(=O)N2C(C(=O)O)=C(Sc3nncs3)CS[C@@H]12. The molecule has 0 spiro atoms. The minimum Gasteiger partial charge on any atom is -0.477 e. The third kappa shape index (κ3) is 4.00. The van der Waals surface area contributed by atoms with E-state index in [0.29, 0.717) is 20.6 Å². The van der Waals surface area contributed by atoms with Gasteiger partial charge in [0.25, 0.3) is 5.91 Å². The Hall–Kier alpha value is -2.44. The zero-order valence-electron chi connectivity index (χ0n) is 14.6. The number of β-lactam (4-membered cyclic amide) rings is 1. The van der Waals surface area contributed by atoms with Crippen LogP contribution in [0.5, 0.6) is 0 Å². The largest absolute Gasteiger partial charge is 0.477 e. The van der Waals surface area contributed by atoms with Gasteiger partial charge in [0.05, 0.1) is 6.42 Å². The fourth-order valence-electron chi connectivity index (χ4n) is 3.04. The van der Waals surface area contributed by atoms with Gasteiger partial charge in [-0.15, -0.1) is 22.0 Å². The number of hydrogen-bond acceptors (Lipinski definition) is 8. The molecular weight excluding hydrogens is 439 g/mol. The molecule has 2 atom stereocenters. The van der Waals surface area contributed by atoms with Crippen molar-refractivity contribution in [2.75, 3.05) is 5.75 Å². The van der Waals surface area contributed by atoms with Crippen molar-refractivity contribution in [2.45, 2.75) is 22.2 Å². The van der Waals surface area contributed by atoms with Crippen LogP contribution in [0.25, 0.3) is 0 Å². The molecule has 0 unspecified atom stereocenters. The molecule has 2 aliphatic heterocycles. The Morgan fingerprint density at radius 2 is 2.24 bits per heavy atom. The van der Waals surface area contributed by atoms with E-state index in [4.69, 9.17) is 0 Å². The van der Waals surface area contributed by atoms with Crippen LogP contribution in [0.1, 0.15) is 5.56 Å². The number of nitrogens with one attached hydrogen (secondary N) is 1. The van der Waals surface area contributed by atoms with Crippen LogP contribution < -0.4 is 5.32 Å². The van der Waals surface area contributed by atoms with Crippen LogP contribution in [-0.2, 0) is 20.8 Å². The van der Waals surface area contributed by atoms with Crippen molar-refractivity contribution in [3.05, 3.63) is 51.8 Å². The second kappa shape index (κ2) is 8.13. The van der Waals surface area contributed by atoms with E-state index in [1.54, 1.807) is 11.6 Å². The lowest BCUT2D eigenvalue weighted by atomic mass is 10.0. The zero-order valence-corrected chi connectivity index (χ0v) is 17.0. The Bertz CT molecular complexity index is 1010. The maximum atomic E-state index is 13.3. The molecule has 2 aromatic rings. The summed E-state index contributed by atoms with van der Waals surface area (Å²) in [6.07, 6.45) is -0.0707. The number of fused-ring (bicyclic) bond motifs is 1. The van der Waals surface area contributed by atoms with Crippen molar-refractivity contribution >= 4 is 52.6 Å². The summed E-state index contributed by atoms with van der Waals surface area (Å²) in [5, 5.41) is 19.4. The van der Waals surface area contributed by atoms with E-state index in [2.05, 4.69) is 15.5 Å². The Morgan fingerprint density at radius 3 is 2.93 bits per heavy atom. The molecule has 1 fully saturated rings. The number of nitrogens with zero attached hydrogens (tertiary/aromatic N) is 3. The van der Waals surface area contributed by atoms with E-state index in [1.165, 1.54) is 58.0 Å². The highest BCUT2D eigenvalue weighted by molar-refractivity contribution is 8.07. The van der Waals surface area contributed by atoms with E-state index in [0.717, 1.165) is 0 Å². The lowest BCUT2D eigenvalue weighted by Gasteiger charge is -2.49. The summed E-state index contributed by atoms with van der Waals surface area (Å²) in [6, 6.07) is 4.85. The summed E-state index contributed by atoms with van der Waals surface area (Å²) < 4.78 is 13.9. The molecule has 4 rings (SSSR count). The number of aliphatic carboxylic acids is 1. The second-order valence-corrected chi connectivity index (χ2v) is 9.43. The fraction of sp³-hybridized carbons (Fsp3) is 0.235. The van der Waals surface area contributed by atoms with Gasteiger partial charge in [-0.3, -0.25) is 14.5 Å². The number of carbonyl (C=O) groups excluding carboxylic acids is 2. The standard InChI is InChI=1S/C17H13FN4O4S3/c18-9-3-1-2-8(4-9)5-11(23)20-12-14(24)22-13(16(25)26)10(6-27-15(12)22)29-17-21-19-7-28-17/h1-4,7,12,15H,5-6H2,(H,20,23)(H,25,26)/t12-,15+/m1/s1. The summed E-state index contributed by atoms with van der Waals surface area (Å²) in [7, 11) is 0. The average Bonchev–Trinajstić information content (AvgIpc) is 3.18. The molecule has 0 saturated carbocycles. The van der Waals surface area contributed by atoms with Gasteiger partial charge in [-0.2, -0.15) is 0 Å². The number of halogens is 1. The van der Waals surface area contributed by atoms with Crippen LogP contribution in [0.4, 0.5) is 4.39 Å². The van der Waals surface area contributed by atoms with Crippen LogP contribution in [0.3, 0.4) is 0 Å². The lowest BCUT2D eigenvalue weighted by molar-refractivity contribution is -0.150. The summed E-state index contributed by atoms with van der Waals surface area (Å²) in [5.74, 6) is -2.19. The van der Waals surface area contributed by atoms with Crippen molar-refractivity contribution in [3.63, 3.8) is 0 Å². The molecule has 8 nitrogen and oxygen atoms in total.